The Bertz CT molecular complexity index is 1140. The molecule has 0 spiro atoms. The van der Waals surface area contributed by atoms with Gasteiger partial charge in [-0.2, -0.15) is 0 Å². The molecule has 5 rings (SSSR count). The summed E-state index contributed by atoms with van der Waals surface area (Å²) in [5.41, 5.74) is 1.72. The van der Waals surface area contributed by atoms with E-state index in [0.717, 1.165) is 11.1 Å². The summed E-state index contributed by atoms with van der Waals surface area (Å²) in [5, 5.41) is 6.03. The monoisotopic (exact) mass is 466 g/mol. The highest BCUT2D eigenvalue weighted by Gasteiger charge is 2.37. The van der Waals surface area contributed by atoms with Crippen LogP contribution in [-0.4, -0.2) is 39.4 Å². The smallest absolute Gasteiger partial charge is 0.249 e. The van der Waals surface area contributed by atoms with Gasteiger partial charge in [0, 0.05) is 13.1 Å². The molecule has 0 unspecified atom stereocenters. The number of fused-ring (bicyclic) bond motifs is 2. The lowest BCUT2D eigenvalue weighted by Gasteiger charge is -2.23. The maximum atomic E-state index is 13.2. The van der Waals surface area contributed by atoms with Crippen LogP contribution in [0.2, 0.25) is 0 Å². The minimum atomic E-state index is -0.493. The van der Waals surface area contributed by atoms with Crippen molar-refractivity contribution in [1.82, 2.24) is 10.6 Å². The Labute approximate surface area is 195 Å². The van der Waals surface area contributed by atoms with E-state index in [1.165, 1.54) is 14.2 Å². The summed E-state index contributed by atoms with van der Waals surface area (Å²) in [6, 6.07) is 10.9. The van der Waals surface area contributed by atoms with Crippen molar-refractivity contribution in [1.29, 1.82) is 0 Å². The molecule has 34 heavy (non-hydrogen) atoms. The quantitative estimate of drug-likeness (QED) is 0.559. The van der Waals surface area contributed by atoms with E-state index in [1.807, 2.05) is 24.3 Å². The maximum Gasteiger partial charge on any atom is 0.249 e. The molecule has 10 heteroatoms. The SMILES string of the molecule is COC1=C(NCc2ccc3c(c2)OCO3)C(=O)C(OC)=C(NCc2ccc3c(c2)OCO3)C1=O. The van der Waals surface area contributed by atoms with Crippen molar-refractivity contribution in [3.63, 3.8) is 0 Å². The standard InChI is InChI=1S/C24H22N2O8/c1-29-23-19(25-9-13-3-5-15-17(7-13)33-11-31-15)22(28)24(30-2)20(21(23)27)26-10-14-4-6-16-18(8-14)34-12-32-16/h3-8,25-26H,9-12H2,1-2H3. The second-order valence-corrected chi connectivity index (χ2v) is 7.56. The van der Waals surface area contributed by atoms with Gasteiger partial charge in [0.25, 0.3) is 0 Å². The number of ketones is 2. The van der Waals surface area contributed by atoms with Gasteiger partial charge < -0.3 is 39.1 Å². The van der Waals surface area contributed by atoms with Crippen molar-refractivity contribution < 1.29 is 38.0 Å². The van der Waals surface area contributed by atoms with Crippen molar-refractivity contribution in [3.8, 4) is 23.0 Å². The van der Waals surface area contributed by atoms with E-state index in [-0.39, 0.29) is 49.6 Å². The van der Waals surface area contributed by atoms with Gasteiger partial charge in [-0.3, -0.25) is 9.59 Å². The van der Waals surface area contributed by atoms with Crippen LogP contribution in [0.25, 0.3) is 0 Å². The summed E-state index contributed by atoms with van der Waals surface area (Å²) in [7, 11) is 2.69. The molecular formula is C24H22N2O8. The molecular weight excluding hydrogens is 444 g/mol. The summed E-state index contributed by atoms with van der Waals surface area (Å²) < 4.78 is 32.1. The van der Waals surface area contributed by atoms with Crippen LogP contribution in [0.3, 0.4) is 0 Å². The Hall–Kier alpha value is -4.34. The van der Waals surface area contributed by atoms with E-state index in [4.69, 9.17) is 28.4 Å². The van der Waals surface area contributed by atoms with Gasteiger partial charge in [0.1, 0.15) is 11.4 Å². The molecule has 2 heterocycles. The van der Waals surface area contributed by atoms with E-state index in [2.05, 4.69) is 10.6 Å². The lowest BCUT2D eigenvalue weighted by atomic mass is 10.0. The second-order valence-electron chi connectivity index (χ2n) is 7.56. The Morgan fingerprint density at radius 1 is 0.676 bits per heavy atom. The molecule has 0 saturated carbocycles. The van der Waals surface area contributed by atoms with Gasteiger partial charge in [-0.1, -0.05) is 12.1 Å². The molecule has 2 aromatic rings. The fraction of sp³-hybridized carbons (Fsp3) is 0.250. The Kier molecular flexibility index (Phi) is 5.62. The first-order valence-corrected chi connectivity index (χ1v) is 10.5. The highest BCUT2D eigenvalue weighted by Crippen LogP contribution is 2.34. The number of methoxy groups -OCH3 is 2. The fourth-order valence-corrected chi connectivity index (χ4v) is 3.85. The van der Waals surface area contributed by atoms with Crippen molar-refractivity contribution in [2.45, 2.75) is 13.1 Å². The van der Waals surface area contributed by atoms with Crippen molar-refractivity contribution in [3.05, 3.63) is 70.4 Å². The van der Waals surface area contributed by atoms with Gasteiger partial charge in [0.2, 0.25) is 25.2 Å². The molecule has 0 fully saturated rings. The summed E-state index contributed by atoms with van der Waals surface area (Å²) in [6.07, 6.45) is 0. The third-order valence-electron chi connectivity index (χ3n) is 5.54. The molecule has 2 aliphatic heterocycles. The highest BCUT2D eigenvalue weighted by molar-refractivity contribution is 6.23. The number of carbonyl (C=O) groups is 2. The molecule has 2 N–H and O–H groups in total. The molecule has 0 aromatic heterocycles. The second kappa shape index (κ2) is 8.89. The third-order valence-corrected chi connectivity index (χ3v) is 5.54. The van der Waals surface area contributed by atoms with E-state index in [1.54, 1.807) is 12.1 Å². The zero-order chi connectivity index (χ0) is 23.7. The first-order valence-electron chi connectivity index (χ1n) is 10.5. The van der Waals surface area contributed by atoms with Crippen LogP contribution in [0.4, 0.5) is 0 Å². The van der Waals surface area contributed by atoms with E-state index < -0.39 is 11.6 Å². The first kappa shape index (κ1) is 21.5. The molecule has 2 aromatic carbocycles. The number of Topliss-reactive ketones (excluding diaryl/α,β-unsaturated/α-hetero) is 2. The molecule has 0 bridgehead atoms. The van der Waals surface area contributed by atoms with Crippen LogP contribution >= 0.6 is 0 Å². The van der Waals surface area contributed by atoms with Crippen molar-refractivity contribution in [2.75, 3.05) is 27.8 Å². The minimum Gasteiger partial charge on any atom is -0.491 e. The predicted octanol–water partition coefficient (Wildman–Crippen LogP) is 1.89. The normalized spacial score (nSPS) is 16.2. The van der Waals surface area contributed by atoms with Gasteiger partial charge in [-0.05, 0) is 35.4 Å². The molecule has 0 radical (unpaired) electrons. The molecule has 10 nitrogen and oxygen atoms in total. The van der Waals surface area contributed by atoms with Crippen LogP contribution < -0.4 is 29.6 Å². The van der Waals surface area contributed by atoms with Gasteiger partial charge in [-0.25, -0.2) is 0 Å². The fourth-order valence-electron chi connectivity index (χ4n) is 3.85. The van der Waals surface area contributed by atoms with Gasteiger partial charge >= 0.3 is 0 Å². The van der Waals surface area contributed by atoms with Crippen LogP contribution in [0.1, 0.15) is 11.1 Å². The number of hydrogen-bond donors (Lipinski definition) is 2. The molecule has 0 amide bonds. The Morgan fingerprint density at radius 2 is 1.09 bits per heavy atom. The van der Waals surface area contributed by atoms with Crippen LogP contribution in [0.5, 0.6) is 23.0 Å². The Morgan fingerprint density at radius 3 is 1.50 bits per heavy atom. The number of nitrogens with one attached hydrogen (secondary N) is 2. The average molecular weight is 466 g/mol. The number of carbonyl (C=O) groups excluding carboxylic acids is 2. The highest BCUT2D eigenvalue weighted by atomic mass is 16.7. The van der Waals surface area contributed by atoms with Crippen LogP contribution in [0.15, 0.2) is 59.3 Å². The van der Waals surface area contributed by atoms with E-state index in [9.17, 15) is 9.59 Å². The van der Waals surface area contributed by atoms with Crippen molar-refractivity contribution in [2.24, 2.45) is 0 Å². The first-order chi connectivity index (χ1) is 16.6. The molecule has 3 aliphatic rings. The molecule has 1 aliphatic carbocycles. The van der Waals surface area contributed by atoms with Gasteiger partial charge in [-0.15, -0.1) is 0 Å². The third kappa shape index (κ3) is 3.83. The number of hydrogen-bond acceptors (Lipinski definition) is 10. The number of ether oxygens (including phenoxy) is 6. The van der Waals surface area contributed by atoms with Crippen molar-refractivity contribution >= 4 is 11.6 Å². The zero-order valence-electron chi connectivity index (χ0n) is 18.6. The lowest BCUT2D eigenvalue weighted by molar-refractivity contribution is -0.121. The molecule has 0 atom stereocenters. The van der Waals surface area contributed by atoms with Gasteiger partial charge in [0.15, 0.2) is 34.5 Å². The number of benzene rings is 2. The topological polar surface area (TPSA) is 114 Å². The predicted molar refractivity (Wildman–Crippen MR) is 117 cm³/mol. The lowest BCUT2D eigenvalue weighted by Crippen LogP contribution is -2.37. The summed E-state index contributed by atoms with van der Waals surface area (Å²) in [5.74, 6) is 1.39. The largest absolute Gasteiger partial charge is 0.491 e. The molecule has 0 saturated heterocycles. The Balaban J connectivity index is 1.33. The number of rotatable bonds is 8. The zero-order valence-corrected chi connectivity index (χ0v) is 18.6. The van der Waals surface area contributed by atoms with E-state index in [0.29, 0.717) is 23.0 Å². The summed E-state index contributed by atoms with van der Waals surface area (Å²) in [4.78, 5) is 26.4. The summed E-state index contributed by atoms with van der Waals surface area (Å²) in [6.45, 7) is 0.855. The van der Waals surface area contributed by atoms with Crippen LogP contribution in [-0.2, 0) is 32.2 Å². The minimum absolute atomic E-state index is 0.0237. The van der Waals surface area contributed by atoms with Crippen LogP contribution in [0, 0.1) is 0 Å². The molecule has 176 valence electrons. The maximum absolute atomic E-state index is 13.2. The average Bonchev–Trinajstić information content (AvgIpc) is 3.51. The van der Waals surface area contributed by atoms with E-state index >= 15 is 0 Å². The van der Waals surface area contributed by atoms with Gasteiger partial charge in [0.05, 0.1) is 14.2 Å². The summed E-state index contributed by atoms with van der Waals surface area (Å²) >= 11 is 0.